The van der Waals surface area contributed by atoms with E-state index >= 15 is 0 Å². The van der Waals surface area contributed by atoms with Crippen LogP contribution in [-0.4, -0.2) is 24.7 Å². The number of rotatable bonds is 5. The van der Waals surface area contributed by atoms with Crippen molar-refractivity contribution in [2.75, 3.05) is 0 Å². The van der Waals surface area contributed by atoms with Crippen molar-refractivity contribution in [1.29, 1.82) is 0 Å². The van der Waals surface area contributed by atoms with E-state index in [2.05, 4.69) is 6.58 Å². The summed E-state index contributed by atoms with van der Waals surface area (Å²) in [6.07, 6.45) is -10.9. The van der Waals surface area contributed by atoms with Gasteiger partial charge in [0, 0.05) is 6.42 Å². The van der Waals surface area contributed by atoms with Crippen LogP contribution in [0.15, 0.2) is 12.7 Å². The van der Waals surface area contributed by atoms with Crippen molar-refractivity contribution in [2.45, 2.75) is 31.1 Å². The minimum atomic E-state index is -4.43. The Labute approximate surface area is 71.2 Å². The van der Waals surface area contributed by atoms with Gasteiger partial charge in [-0.1, -0.05) is 12.7 Å². The summed E-state index contributed by atoms with van der Waals surface area (Å²) in [5.74, 6) is -4.43. The maximum Gasteiger partial charge on any atom is 0.312 e. The minimum absolute atomic E-state index is 0.179. The molecule has 0 fully saturated rings. The highest BCUT2D eigenvalue weighted by atomic mass is 19.3. The van der Waals surface area contributed by atoms with Gasteiger partial charge in [0.25, 0.3) is 0 Å². The van der Waals surface area contributed by atoms with E-state index in [1.54, 1.807) is 0 Å². The Morgan fingerprint density at radius 2 is 1.62 bits per heavy atom. The summed E-state index contributed by atoms with van der Waals surface area (Å²) in [6.45, 7) is 2.68. The van der Waals surface area contributed by atoms with E-state index in [-0.39, 0.29) is 6.08 Å². The van der Waals surface area contributed by atoms with E-state index in [4.69, 9.17) is 0 Å². The average molecular weight is 206 g/mol. The molecule has 0 aliphatic rings. The Morgan fingerprint density at radius 3 is 1.92 bits per heavy atom. The lowest BCUT2D eigenvalue weighted by molar-refractivity contribution is -0.125. The van der Waals surface area contributed by atoms with E-state index in [0.717, 1.165) is 0 Å². The Morgan fingerprint density at radius 1 is 1.15 bits per heavy atom. The highest BCUT2D eigenvalue weighted by Crippen LogP contribution is 2.31. The van der Waals surface area contributed by atoms with Gasteiger partial charge in [-0.15, -0.1) is 0 Å². The Bertz CT molecular complexity index is 166. The van der Waals surface area contributed by atoms with Crippen LogP contribution >= 0.6 is 0 Å². The number of allylic oxidation sites excluding steroid dienone is 1. The lowest BCUT2D eigenvalue weighted by Crippen LogP contribution is -2.39. The molecule has 0 rings (SSSR count). The smallest absolute Gasteiger partial charge is 0.240 e. The fraction of sp³-hybridized carbons (Fsp3) is 0.714. The van der Waals surface area contributed by atoms with Gasteiger partial charge in [-0.25, -0.2) is 17.6 Å². The van der Waals surface area contributed by atoms with E-state index in [0.29, 0.717) is 0 Å². The molecule has 0 aliphatic carbocycles. The monoisotopic (exact) mass is 206 g/mol. The standard InChI is InChI=1S/C7H8F6/c1-2-4(8)7(12,13)5(9)3-6(10)11/h2,4-6H,1,3H2. The van der Waals surface area contributed by atoms with Crippen molar-refractivity contribution in [3.63, 3.8) is 0 Å². The maximum atomic E-state index is 12.4. The molecular formula is C7H8F6. The fourth-order valence-electron chi connectivity index (χ4n) is 0.643. The Balaban J connectivity index is 4.34. The number of hydrogen-bond acceptors (Lipinski definition) is 0. The molecule has 0 aliphatic heterocycles. The van der Waals surface area contributed by atoms with Gasteiger partial charge in [-0.05, 0) is 0 Å². The fourth-order valence-corrected chi connectivity index (χ4v) is 0.643. The van der Waals surface area contributed by atoms with Crippen LogP contribution in [0.3, 0.4) is 0 Å². The molecule has 0 heterocycles. The molecule has 13 heavy (non-hydrogen) atoms. The van der Waals surface area contributed by atoms with Gasteiger partial charge in [0.15, 0.2) is 12.3 Å². The molecule has 0 bridgehead atoms. The van der Waals surface area contributed by atoms with Crippen molar-refractivity contribution < 1.29 is 26.3 Å². The zero-order valence-electron chi connectivity index (χ0n) is 6.49. The van der Waals surface area contributed by atoms with Crippen LogP contribution in [0.1, 0.15) is 6.42 Å². The molecule has 0 saturated carbocycles. The van der Waals surface area contributed by atoms with Crippen LogP contribution in [0, 0.1) is 0 Å². The van der Waals surface area contributed by atoms with Crippen LogP contribution in [0.5, 0.6) is 0 Å². The molecule has 2 unspecified atom stereocenters. The van der Waals surface area contributed by atoms with Gasteiger partial charge in [-0.2, -0.15) is 8.78 Å². The summed E-state index contributed by atoms with van der Waals surface area (Å²) in [6, 6.07) is 0. The van der Waals surface area contributed by atoms with E-state index in [9.17, 15) is 26.3 Å². The third-order valence-electron chi connectivity index (χ3n) is 1.38. The molecule has 0 nitrogen and oxygen atoms in total. The molecular weight excluding hydrogens is 198 g/mol. The normalized spacial score (nSPS) is 17.2. The summed E-state index contributed by atoms with van der Waals surface area (Å²) in [4.78, 5) is 0. The van der Waals surface area contributed by atoms with Gasteiger partial charge in [-0.3, -0.25) is 0 Å². The van der Waals surface area contributed by atoms with Crippen LogP contribution in [0.2, 0.25) is 0 Å². The van der Waals surface area contributed by atoms with Crippen molar-refractivity contribution in [2.24, 2.45) is 0 Å². The molecule has 0 N–H and O–H groups in total. The highest BCUT2D eigenvalue weighted by Gasteiger charge is 2.48. The zero-order chi connectivity index (χ0) is 10.6. The quantitative estimate of drug-likeness (QED) is 0.478. The summed E-state index contributed by atoms with van der Waals surface area (Å²) >= 11 is 0. The first-order valence-corrected chi connectivity index (χ1v) is 3.39. The number of hydrogen-bond donors (Lipinski definition) is 0. The topological polar surface area (TPSA) is 0 Å². The van der Waals surface area contributed by atoms with E-state index in [1.165, 1.54) is 0 Å². The third-order valence-corrected chi connectivity index (χ3v) is 1.38. The summed E-state index contributed by atoms with van der Waals surface area (Å²) in [5, 5.41) is 0. The predicted octanol–water partition coefficient (Wildman–Crippen LogP) is 3.14. The van der Waals surface area contributed by atoms with Crippen LogP contribution in [0.4, 0.5) is 26.3 Å². The summed E-state index contributed by atoms with van der Waals surface area (Å²) < 4.78 is 72.4. The second-order valence-corrected chi connectivity index (χ2v) is 2.41. The molecule has 0 saturated heterocycles. The van der Waals surface area contributed by atoms with Gasteiger partial charge < -0.3 is 0 Å². The first-order valence-electron chi connectivity index (χ1n) is 3.39. The van der Waals surface area contributed by atoms with Crippen LogP contribution in [0.25, 0.3) is 0 Å². The second-order valence-electron chi connectivity index (χ2n) is 2.41. The molecule has 0 spiro atoms. The molecule has 0 radical (unpaired) electrons. The van der Waals surface area contributed by atoms with Gasteiger partial charge in [0.2, 0.25) is 6.43 Å². The molecule has 0 amide bonds. The van der Waals surface area contributed by atoms with Crippen LogP contribution in [-0.2, 0) is 0 Å². The van der Waals surface area contributed by atoms with Crippen molar-refractivity contribution in [1.82, 2.24) is 0 Å². The maximum absolute atomic E-state index is 12.4. The predicted molar refractivity (Wildman–Crippen MR) is 35.6 cm³/mol. The van der Waals surface area contributed by atoms with E-state index in [1.807, 2.05) is 0 Å². The molecule has 2 atom stereocenters. The summed E-state index contributed by atoms with van der Waals surface area (Å²) in [5.41, 5.74) is 0. The van der Waals surface area contributed by atoms with Gasteiger partial charge in [0.05, 0.1) is 0 Å². The molecule has 0 aromatic rings. The Kier molecular flexibility index (Phi) is 4.29. The highest BCUT2D eigenvalue weighted by molar-refractivity contribution is 4.95. The molecule has 6 heteroatoms. The van der Waals surface area contributed by atoms with Crippen molar-refractivity contribution in [3.05, 3.63) is 12.7 Å². The SMILES string of the molecule is C=CC(F)C(F)(F)C(F)CC(F)F. The van der Waals surface area contributed by atoms with Gasteiger partial charge >= 0.3 is 5.92 Å². The number of alkyl halides is 6. The molecule has 0 aromatic heterocycles. The zero-order valence-corrected chi connectivity index (χ0v) is 6.49. The average Bonchev–Trinajstić information content (AvgIpc) is 2.01. The second kappa shape index (κ2) is 4.53. The van der Waals surface area contributed by atoms with Crippen LogP contribution < -0.4 is 0 Å². The molecule has 78 valence electrons. The first-order chi connectivity index (χ1) is 5.82. The lowest BCUT2D eigenvalue weighted by atomic mass is 10.1. The largest absolute Gasteiger partial charge is 0.312 e. The van der Waals surface area contributed by atoms with Crippen molar-refractivity contribution in [3.8, 4) is 0 Å². The minimum Gasteiger partial charge on any atom is -0.240 e. The lowest BCUT2D eigenvalue weighted by Gasteiger charge is -2.21. The van der Waals surface area contributed by atoms with Crippen molar-refractivity contribution >= 4 is 0 Å². The Hall–Kier alpha value is -0.680. The third kappa shape index (κ3) is 3.28. The first kappa shape index (κ1) is 12.3. The van der Waals surface area contributed by atoms with E-state index < -0.39 is 31.1 Å². The van der Waals surface area contributed by atoms with Gasteiger partial charge in [0.1, 0.15) is 0 Å². The summed E-state index contributed by atoms with van der Waals surface area (Å²) in [7, 11) is 0. The molecule has 0 aromatic carbocycles. The number of halogens is 6.